The van der Waals surface area contributed by atoms with Crippen molar-refractivity contribution in [3.8, 4) is 11.5 Å². The summed E-state index contributed by atoms with van der Waals surface area (Å²) in [6.45, 7) is 2.75. The molecule has 6 heteroatoms. The topological polar surface area (TPSA) is 104 Å². The first-order valence-electron chi connectivity index (χ1n) is 9.01. The number of carbonyl (C=O) groups is 1. The molecule has 0 saturated carbocycles. The number of unbranched alkanes of at least 4 members (excludes halogenated alkanes) is 3. The number of carboxylic acid groups (broad SMARTS) is 1. The van der Waals surface area contributed by atoms with Crippen LogP contribution in [0.1, 0.15) is 63.9 Å². The van der Waals surface area contributed by atoms with Gasteiger partial charge in [-0.25, -0.2) is 0 Å². The number of thiol groups is 1. The highest BCUT2D eigenvalue weighted by Gasteiger charge is 2.04. The largest absolute Gasteiger partial charge is 0.504 e. The van der Waals surface area contributed by atoms with Crippen LogP contribution in [0.4, 0.5) is 0 Å². The Morgan fingerprint density at radius 3 is 2.36 bits per heavy atom. The van der Waals surface area contributed by atoms with Crippen molar-refractivity contribution < 1.29 is 20.1 Å². The summed E-state index contributed by atoms with van der Waals surface area (Å²) in [4.78, 5) is 10.3. The van der Waals surface area contributed by atoms with E-state index in [0.717, 1.165) is 24.8 Å². The van der Waals surface area contributed by atoms with E-state index >= 15 is 0 Å². The van der Waals surface area contributed by atoms with Crippen LogP contribution in [0.15, 0.2) is 18.2 Å². The molecule has 144 valence electrons. The van der Waals surface area contributed by atoms with Gasteiger partial charge in [0, 0.05) is 11.7 Å². The summed E-state index contributed by atoms with van der Waals surface area (Å²) < 4.78 is 0. The molecule has 0 bridgehead atoms. The van der Waals surface area contributed by atoms with Crippen molar-refractivity contribution in [2.24, 2.45) is 5.73 Å². The average molecular weight is 372 g/mol. The molecule has 0 heterocycles. The molecule has 0 aliphatic heterocycles. The van der Waals surface area contributed by atoms with Gasteiger partial charge in [0.15, 0.2) is 11.5 Å². The lowest BCUT2D eigenvalue weighted by Crippen LogP contribution is -2.02. The smallest absolute Gasteiger partial charge is 0.303 e. The Labute approximate surface area is 156 Å². The van der Waals surface area contributed by atoms with E-state index < -0.39 is 5.97 Å². The molecule has 25 heavy (non-hydrogen) atoms. The zero-order valence-corrected chi connectivity index (χ0v) is 16.0. The quantitative estimate of drug-likeness (QED) is 0.229. The molecule has 1 unspecified atom stereocenters. The highest BCUT2D eigenvalue weighted by atomic mass is 32.1. The van der Waals surface area contributed by atoms with Gasteiger partial charge in [-0.1, -0.05) is 38.7 Å². The number of nitrogens with two attached hydrogens (primary N) is 1. The molecule has 0 spiro atoms. The summed E-state index contributed by atoms with van der Waals surface area (Å²) in [5.74, 6) is -0.877. The van der Waals surface area contributed by atoms with E-state index in [4.69, 9.17) is 21.1 Å². The van der Waals surface area contributed by atoms with Crippen molar-refractivity contribution in [1.82, 2.24) is 0 Å². The van der Waals surface area contributed by atoms with Crippen molar-refractivity contribution in [1.29, 1.82) is 0 Å². The van der Waals surface area contributed by atoms with Crippen molar-refractivity contribution in [2.75, 3.05) is 6.54 Å². The van der Waals surface area contributed by atoms with Gasteiger partial charge >= 0.3 is 5.97 Å². The second-order valence-corrected chi connectivity index (χ2v) is 6.88. The highest BCUT2D eigenvalue weighted by molar-refractivity contribution is 7.80. The standard InChI is InChI=1S/C11H22O2S.C8H11NO2/c1-2-3-4-5-7-10(14)8-6-9-11(12)13;9-4-3-6-1-2-7(10)8(11)5-6/h10,14H,2-9H2,1H3,(H,12,13);1-2,5,10-11H,3-4,9H2. The molecule has 5 N–H and O–H groups in total. The van der Waals surface area contributed by atoms with Gasteiger partial charge in [0.1, 0.15) is 0 Å². The number of benzene rings is 1. The van der Waals surface area contributed by atoms with Crippen molar-refractivity contribution in [3.63, 3.8) is 0 Å². The molecular formula is C19H33NO4S. The van der Waals surface area contributed by atoms with E-state index in [1.165, 1.54) is 37.8 Å². The van der Waals surface area contributed by atoms with Crippen LogP contribution < -0.4 is 5.73 Å². The maximum atomic E-state index is 10.3. The Kier molecular flexibility index (Phi) is 14.1. The fraction of sp³-hybridized carbons (Fsp3) is 0.632. The first-order valence-corrected chi connectivity index (χ1v) is 9.53. The fourth-order valence-corrected chi connectivity index (χ4v) is 2.70. The fourth-order valence-electron chi connectivity index (χ4n) is 2.33. The molecule has 0 aromatic heterocycles. The van der Waals surface area contributed by atoms with E-state index in [2.05, 4.69) is 19.6 Å². The second kappa shape index (κ2) is 14.9. The van der Waals surface area contributed by atoms with E-state index in [1.807, 2.05) is 0 Å². The summed E-state index contributed by atoms with van der Waals surface area (Å²) in [5.41, 5.74) is 6.24. The van der Waals surface area contributed by atoms with Crippen LogP contribution in [-0.2, 0) is 11.2 Å². The zero-order chi connectivity index (χ0) is 19.1. The SMILES string of the molecule is CCCCCCC(S)CCCC(=O)O.NCCc1ccc(O)c(O)c1. The lowest BCUT2D eigenvalue weighted by Gasteiger charge is -2.08. The molecule has 1 rings (SSSR count). The van der Waals surface area contributed by atoms with Gasteiger partial charge in [0.05, 0.1) is 0 Å². The molecule has 0 amide bonds. The lowest BCUT2D eigenvalue weighted by molar-refractivity contribution is -0.137. The maximum Gasteiger partial charge on any atom is 0.303 e. The van der Waals surface area contributed by atoms with Crippen molar-refractivity contribution in [3.05, 3.63) is 23.8 Å². The van der Waals surface area contributed by atoms with Crippen LogP contribution in [0.3, 0.4) is 0 Å². The predicted molar refractivity (Wildman–Crippen MR) is 106 cm³/mol. The average Bonchev–Trinajstić information content (AvgIpc) is 2.56. The van der Waals surface area contributed by atoms with Gasteiger partial charge in [0.25, 0.3) is 0 Å². The Morgan fingerprint density at radius 2 is 1.80 bits per heavy atom. The Hall–Kier alpha value is -1.40. The van der Waals surface area contributed by atoms with Crippen LogP contribution in [0.25, 0.3) is 0 Å². The third kappa shape index (κ3) is 13.6. The van der Waals surface area contributed by atoms with Gasteiger partial charge in [-0.15, -0.1) is 0 Å². The zero-order valence-electron chi connectivity index (χ0n) is 15.2. The van der Waals surface area contributed by atoms with Crippen LogP contribution in [0.5, 0.6) is 11.5 Å². The highest BCUT2D eigenvalue weighted by Crippen LogP contribution is 2.24. The monoisotopic (exact) mass is 371 g/mol. The Bertz CT molecular complexity index is 482. The molecule has 1 aromatic carbocycles. The van der Waals surface area contributed by atoms with Crippen molar-refractivity contribution >= 4 is 18.6 Å². The van der Waals surface area contributed by atoms with E-state index in [1.54, 1.807) is 6.07 Å². The first-order chi connectivity index (χ1) is 11.9. The molecular weight excluding hydrogens is 338 g/mol. The number of hydrogen-bond donors (Lipinski definition) is 5. The summed E-state index contributed by atoms with van der Waals surface area (Å²) in [6.07, 6.45) is 8.90. The van der Waals surface area contributed by atoms with Gasteiger partial charge in [-0.3, -0.25) is 4.79 Å². The number of carboxylic acids is 1. The van der Waals surface area contributed by atoms with Gasteiger partial charge in [0.2, 0.25) is 0 Å². The third-order valence-corrected chi connectivity index (χ3v) is 4.31. The number of rotatable bonds is 11. The maximum absolute atomic E-state index is 10.3. The molecule has 0 saturated heterocycles. The second-order valence-electron chi connectivity index (χ2n) is 6.15. The molecule has 0 aliphatic carbocycles. The molecule has 5 nitrogen and oxygen atoms in total. The van der Waals surface area contributed by atoms with Gasteiger partial charge < -0.3 is 21.1 Å². The summed E-state index contributed by atoms with van der Waals surface area (Å²) in [5, 5.41) is 26.8. The number of phenolic OH excluding ortho intramolecular Hbond substituents is 2. The normalized spacial score (nSPS) is 11.5. The summed E-state index contributed by atoms with van der Waals surface area (Å²) >= 11 is 4.44. The van der Waals surface area contributed by atoms with E-state index in [9.17, 15) is 4.79 Å². The minimum absolute atomic E-state index is 0.0871. The summed E-state index contributed by atoms with van der Waals surface area (Å²) in [6, 6.07) is 4.71. The van der Waals surface area contributed by atoms with E-state index in [0.29, 0.717) is 18.2 Å². The minimum atomic E-state index is -0.698. The van der Waals surface area contributed by atoms with Gasteiger partial charge in [-0.2, -0.15) is 12.6 Å². The first kappa shape index (κ1) is 23.6. The van der Waals surface area contributed by atoms with Crippen LogP contribution in [-0.4, -0.2) is 33.1 Å². The Balaban J connectivity index is 0.000000472. The van der Waals surface area contributed by atoms with E-state index in [-0.39, 0.29) is 17.9 Å². The molecule has 1 aromatic rings. The van der Waals surface area contributed by atoms with Gasteiger partial charge in [-0.05, 0) is 49.9 Å². The molecule has 1 atom stereocenters. The van der Waals surface area contributed by atoms with Crippen LogP contribution in [0.2, 0.25) is 0 Å². The lowest BCUT2D eigenvalue weighted by atomic mass is 10.1. The van der Waals surface area contributed by atoms with Crippen LogP contribution >= 0.6 is 12.6 Å². The molecule has 0 fully saturated rings. The minimum Gasteiger partial charge on any atom is -0.504 e. The number of phenols is 2. The number of aromatic hydroxyl groups is 2. The van der Waals surface area contributed by atoms with Crippen LogP contribution in [0, 0.1) is 0 Å². The summed E-state index contributed by atoms with van der Waals surface area (Å²) in [7, 11) is 0. The number of aliphatic carboxylic acids is 1. The number of hydrogen-bond acceptors (Lipinski definition) is 5. The Morgan fingerprint density at radius 1 is 1.12 bits per heavy atom. The molecule has 0 radical (unpaired) electrons. The predicted octanol–water partition coefficient (Wildman–Crippen LogP) is 4.11. The molecule has 0 aliphatic rings. The third-order valence-electron chi connectivity index (χ3n) is 3.79. The van der Waals surface area contributed by atoms with Crippen molar-refractivity contribution in [2.45, 2.75) is 70.0 Å².